The summed E-state index contributed by atoms with van der Waals surface area (Å²) in [5.74, 6) is 0.337. The van der Waals surface area contributed by atoms with E-state index in [2.05, 4.69) is 31.9 Å². The van der Waals surface area contributed by atoms with E-state index in [4.69, 9.17) is 0 Å². The number of allylic oxidation sites excluding steroid dienone is 4. The first kappa shape index (κ1) is 20.6. The third-order valence-electron chi connectivity index (χ3n) is 4.28. The number of Topliss-reactive ketones (excluding diaryl/α,β-unsaturated/α-hetero) is 2. The number of hydrogen-bond acceptors (Lipinski definition) is 4. The summed E-state index contributed by atoms with van der Waals surface area (Å²) in [7, 11) is 0. The number of ketones is 2. The second-order valence-corrected chi connectivity index (χ2v) is 7.32. The maximum absolute atomic E-state index is 11.4. The molecule has 0 saturated carbocycles. The molecule has 0 aromatic heterocycles. The molecule has 1 aromatic carbocycles. The highest BCUT2D eigenvalue weighted by Gasteiger charge is 2.25. The van der Waals surface area contributed by atoms with Crippen molar-refractivity contribution >= 4 is 43.4 Å². The molecule has 0 radical (unpaired) electrons. The number of carbonyl (C=O) groups excluding carboxylic acids is 2. The van der Waals surface area contributed by atoms with Crippen LogP contribution in [0.2, 0.25) is 0 Å². The predicted octanol–water partition coefficient (Wildman–Crippen LogP) is 4.93. The average molecular weight is 460 g/mol. The number of carbonyl (C=O) groups is 2. The summed E-state index contributed by atoms with van der Waals surface area (Å²) in [5, 5.41) is 19.1. The Balaban J connectivity index is 0.000000240. The van der Waals surface area contributed by atoms with E-state index in [1.165, 1.54) is 0 Å². The minimum Gasteiger partial charge on any atom is -0.507 e. The standard InChI is InChI=1S/C9H11BrO2.C9H9BrO2/c2*1-4-5(2)9(12)7(10)6(3)8(4)11/h11-12H,1-3H3;1-3H3. The molecule has 130 valence electrons. The molecule has 0 bridgehead atoms. The Bertz CT molecular complexity index is 635. The monoisotopic (exact) mass is 458 g/mol. The van der Waals surface area contributed by atoms with Gasteiger partial charge in [0.1, 0.15) is 11.5 Å². The maximum Gasteiger partial charge on any atom is 0.196 e. The zero-order chi connectivity index (χ0) is 18.9. The van der Waals surface area contributed by atoms with E-state index in [0.29, 0.717) is 36.8 Å². The molecule has 4 nitrogen and oxygen atoms in total. The molecule has 1 aliphatic rings. The van der Waals surface area contributed by atoms with Gasteiger partial charge in [0.2, 0.25) is 0 Å². The molecule has 1 aliphatic carbocycles. The van der Waals surface area contributed by atoms with Gasteiger partial charge in [-0.05, 0) is 84.5 Å². The first-order valence-corrected chi connectivity index (χ1v) is 8.82. The maximum atomic E-state index is 11.4. The Kier molecular flexibility index (Phi) is 6.59. The summed E-state index contributed by atoms with van der Waals surface area (Å²) in [5.41, 5.74) is 3.72. The highest BCUT2D eigenvalue weighted by molar-refractivity contribution is 9.12. The first-order valence-electron chi connectivity index (χ1n) is 7.23. The highest BCUT2D eigenvalue weighted by atomic mass is 79.9. The molecule has 0 unspecified atom stereocenters. The van der Waals surface area contributed by atoms with Gasteiger partial charge in [-0.15, -0.1) is 0 Å². The molecule has 0 aliphatic heterocycles. The predicted molar refractivity (Wildman–Crippen MR) is 102 cm³/mol. The van der Waals surface area contributed by atoms with Gasteiger partial charge in [0, 0.05) is 22.3 Å². The van der Waals surface area contributed by atoms with Crippen molar-refractivity contribution in [1.82, 2.24) is 0 Å². The SMILES string of the molecule is CC1=C(C)C(=O)C(Br)=C(C)C1=O.Cc1c(C)c(O)c(Br)c(C)c1O. The summed E-state index contributed by atoms with van der Waals surface area (Å²) in [4.78, 5) is 22.8. The van der Waals surface area contributed by atoms with Crippen molar-refractivity contribution in [1.29, 1.82) is 0 Å². The molecule has 0 spiro atoms. The van der Waals surface area contributed by atoms with Crippen LogP contribution in [0.1, 0.15) is 37.5 Å². The van der Waals surface area contributed by atoms with Gasteiger partial charge in [0.05, 0.1) is 8.96 Å². The Morgan fingerprint density at radius 1 is 0.625 bits per heavy atom. The first-order chi connectivity index (χ1) is 10.9. The molecule has 6 heteroatoms. The third kappa shape index (κ3) is 3.64. The Morgan fingerprint density at radius 3 is 1.54 bits per heavy atom. The largest absolute Gasteiger partial charge is 0.507 e. The van der Waals surface area contributed by atoms with E-state index >= 15 is 0 Å². The van der Waals surface area contributed by atoms with E-state index in [-0.39, 0.29) is 23.1 Å². The van der Waals surface area contributed by atoms with Crippen molar-refractivity contribution in [2.75, 3.05) is 0 Å². The van der Waals surface area contributed by atoms with Gasteiger partial charge in [-0.25, -0.2) is 0 Å². The van der Waals surface area contributed by atoms with Crippen LogP contribution in [0.4, 0.5) is 0 Å². The minimum atomic E-state index is -0.0791. The summed E-state index contributed by atoms with van der Waals surface area (Å²) in [6.07, 6.45) is 0. The molecule has 0 fully saturated rings. The number of aromatic hydroxyl groups is 2. The van der Waals surface area contributed by atoms with E-state index < -0.39 is 0 Å². The summed E-state index contributed by atoms with van der Waals surface area (Å²) in [6, 6.07) is 0. The van der Waals surface area contributed by atoms with Gasteiger partial charge in [-0.2, -0.15) is 0 Å². The van der Waals surface area contributed by atoms with Crippen LogP contribution in [0, 0.1) is 20.8 Å². The van der Waals surface area contributed by atoms with Gasteiger partial charge in [-0.3, -0.25) is 9.59 Å². The van der Waals surface area contributed by atoms with Crippen molar-refractivity contribution in [2.24, 2.45) is 0 Å². The zero-order valence-electron chi connectivity index (χ0n) is 14.5. The van der Waals surface area contributed by atoms with Crippen molar-refractivity contribution in [3.05, 3.63) is 42.4 Å². The van der Waals surface area contributed by atoms with Gasteiger partial charge in [0.15, 0.2) is 11.6 Å². The number of benzene rings is 1. The Morgan fingerprint density at radius 2 is 1.04 bits per heavy atom. The van der Waals surface area contributed by atoms with Gasteiger partial charge >= 0.3 is 0 Å². The summed E-state index contributed by atoms with van der Waals surface area (Å²) >= 11 is 6.31. The molecule has 0 heterocycles. The quantitative estimate of drug-likeness (QED) is 0.426. The fourth-order valence-corrected chi connectivity index (χ4v) is 3.10. The van der Waals surface area contributed by atoms with Crippen LogP contribution >= 0.6 is 31.9 Å². The summed E-state index contributed by atoms with van der Waals surface area (Å²) < 4.78 is 0.971. The second kappa shape index (κ2) is 7.66. The Labute approximate surface area is 158 Å². The molecule has 2 N–H and O–H groups in total. The van der Waals surface area contributed by atoms with Crippen LogP contribution in [0.15, 0.2) is 25.7 Å². The molecular formula is C18H20Br2O4. The van der Waals surface area contributed by atoms with Gasteiger partial charge in [-0.1, -0.05) is 0 Å². The molecule has 0 atom stereocenters. The molecule has 1 aromatic rings. The van der Waals surface area contributed by atoms with Crippen LogP contribution in [-0.2, 0) is 9.59 Å². The van der Waals surface area contributed by atoms with Crippen molar-refractivity contribution in [2.45, 2.75) is 41.5 Å². The third-order valence-corrected chi connectivity index (χ3v) is 6.20. The summed E-state index contributed by atoms with van der Waals surface area (Å²) in [6.45, 7) is 10.3. The average Bonchev–Trinajstić information content (AvgIpc) is 2.58. The lowest BCUT2D eigenvalue weighted by atomic mass is 9.92. The second-order valence-electron chi connectivity index (χ2n) is 5.73. The van der Waals surface area contributed by atoms with Gasteiger partial charge in [0.25, 0.3) is 0 Å². The molecule has 0 amide bonds. The molecular weight excluding hydrogens is 440 g/mol. The van der Waals surface area contributed by atoms with Crippen LogP contribution < -0.4 is 0 Å². The molecule has 24 heavy (non-hydrogen) atoms. The number of phenols is 2. The van der Waals surface area contributed by atoms with Crippen molar-refractivity contribution in [3.63, 3.8) is 0 Å². The van der Waals surface area contributed by atoms with Crippen LogP contribution in [0.3, 0.4) is 0 Å². The van der Waals surface area contributed by atoms with E-state index in [0.717, 1.165) is 5.56 Å². The number of phenolic OH excluding ortho intramolecular Hbond substituents is 2. The zero-order valence-corrected chi connectivity index (χ0v) is 17.6. The lowest BCUT2D eigenvalue weighted by Crippen LogP contribution is -2.17. The highest BCUT2D eigenvalue weighted by Crippen LogP contribution is 2.39. The number of hydrogen-bond donors (Lipinski definition) is 2. The lowest BCUT2D eigenvalue weighted by molar-refractivity contribution is -0.115. The van der Waals surface area contributed by atoms with E-state index in [9.17, 15) is 19.8 Å². The smallest absolute Gasteiger partial charge is 0.196 e. The Hall–Kier alpha value is -1.40. The topological polar surface area (TPSA) is 74.6 Å². The van der Waals surface area contributed by atoms with Crippen molar-refractivity contribution in [3.8, 4) is 11.5 Å². The fraction of sp³-hybridized carbons (Fsp3) is 0.333. The fourth-order valence-electron chi connectivity index (χ4n) is 2.14. The lowest BCUT2D eigenvalue weighted by Gasteiger charge is -2.13. The van der Waals surface area contributed by atoms with Crippen molar-refractivity contribution < 1.29 is 19.8 Å². The number of rotatable bonds is 0. The van der Waals surface area contributed by atoms with Crippen LogP contribution in [-0.4, -0.2) is 21.8 Å². The minimum absolute atomic E-state index is 0.0426. The number of halogens is 2. The van der Waals surface area contributed by atoms with Crippen LogP contribution in [0.5, 0.6) is 11.5 Å². The molecule has 0 saturated heterocycles. The van der Waals surface area contributed by atoms with Crippen LogP contribution in [0.25, 0.3) is 0 Å². The molecule has 2 rings (SSSR count). The van der Waals surface area contributed by atoms with E-state index in [1.807, 2.05) is 0 Å². The van der Waals surface area contributed by atoms with E-state index in [1.54, 1.807) is 41.5 Å². The normalized spacial score (nSPS) is 14.8. The van der Waals surface area contributed by atoms with Gasteiger partial charge < -0.3 is 10.2 Å².